The molecule has 0 heterocycles. The van der Waals surface area contributed by atoms with E-state index in [1.54, 1.807) is 0 Å². The van der Waals surface area contributed by atoms with Gasteiger partial charge in [-0.15, -0.1) is 0 Å². The molecule has 11 heavy (non-hydrogen) atoms. The van der Waals surface area contributed by atoms with Crippen LogP contribution < -0.4 is 0 Å². The first kappa shape index (κ1) is 13.9. The van der Waals surface area contributed by atoms with Gasteiger partial charge in [-0.05, 0) is 12.8 Å². The zero-order valence-electron chi connectivity index (χ0n) is 6.76. The fourth-order valence-corrected chi connectivity index (χ4v) is 0.953. The van der Waals surface area contributed by atoms with E-state index < -0.39 is 5.97 Å². The minimum atomic E-state index is -0.643. The number of carboxylic acids is 1. The van der Waals surface area contributed by atoms with Gasteiger partial charge >= 0.3 is 31.8 Å². The predicted molar refractivity (Wildman–Crippen MR) is 50.9 cm³/mol. The van der Waals surface area contributed by atoms with Crippen LogP contribution in [0.5, 0.6) is 0 Å². The van der Waals surface area contributed by atoms with Crippen LogP contribution in [0.2, 0.25) is 0 Å². The Morgan fingerprint density at radius 3 is 2.27 bits per heavy atom. The third-order valence-corrected chi connectivity index (χ3v) is 1.75. The van der Waals surface area contributed by atoms with Crippen molar-refractivity contribution in [1.29, 1.82) is 0 Å². The summed E-state index contributed by atoms with van der Waals surface area (Å²) in [5, 5.41) is 8.60. The van der Waals surface area contributed by atoms with E-state index in [1.165, 1.54) is 0 Å². The maximum absolute atomic E-state index is 10.4. The molecule has 0 fully saturated rings. The van der Waals surface area contributed by atoms with E-state index in [-0.39, 0.29) is 31.8 Å². The maximum atomic E-state index is 10.4. The summed E-state index contributed by atoms with van der Waals surface area (Å²) in [5.74, 6) is -0.754. The summed E-state index contributed by atoms with van der Waals surface area (Å²) < 4.78 is 0. The molecule has 2 nitrogen and oxygen atoms in total. The van der Waals surface area contributed by atoms with Gasteiger partial charge in [-0.2, -0.15) is 0 Å². The number of hydrogen-bond donors (Lipinski definition) is 1. The van der Waals surface area contributed by atoms with E-state index >= 15 is 0 Å². The number of hydrogen-bond acceptors (Lipinski definition) is 1. The molecule has 1 atom stereocenters. The van der Waals surface area contributed by atoms with Gasteiger partial charge in [-0.25, -0.2) is 0 Å². The van der Waals surface area contributed by atoms with Gasteiger partial charge in [0.25, 0.3) is 0 Å². The van der Waals surface area contributed by atoms with E-state index in [4.69, 9.17) is 5.11 Å². The molecule has 0 saturated carbocycles. The van der Waals surface area contributed by atoms with Gasteiger partial charge in [0, 0.05) is 0 Å². The third-order valence-electron chi connectivity index (χ3n) is 1.75. The molecule has 0 aliphatic rings. The monoisotopic (exact) mass is 262 g/mol. The first-order valence-corrected chi connectivity index (χ1v) is 3.95. The number of carboxylic acid groups (broad SMARTS) is 1. The first-order valence-electron chi connectivity index (χ1n) is 3.95. The van der Waals surface area contributed by atoms with Gasteiger partial charge in [0.15, 0.2) is 0 Å². The van der Waals surface area contributed by atoms with E-state index in [1.807, 2.05) is 6.92 Å². The van der Waals surface area contributed by atoms with Crippen molar-refractivity contribution in [3.8, 4) is 0 Å². The molecular formula is C8H19InO2. The van der Waals surface area contributed by atoms with Crippen LogP contribution in [0.25, 0.3) is 0 Å². The molecule has 0 radical (unpaired) electrons. The van der Waals surface area contributed by atoms with Gasteiger partial charge in [0.2, 0.25) is 0 Å². The molecular weight excluding hydrogens is 243 g/mol. The third kappa shape index (κ3) is 6.73. The van der Waals surface area contributed by atoms with E-state index in [2.05, 4.69) is 6.92 Å². The molecule has 66 valence electrons. The first-order chi connectivity index (χ1) is 4.72. The molecule has 0 aliphatic heterocycles. The van der Waals surface area contributed by atoms with Crippen LogP contribution in [0, 0.1) is 5.92 Å². The SMILES string of the molecule is CCCCC(CC)C(=O)O.[InH3]. The molecule has 0 saturated heterocycles. The number of unbranched alkanes of at least 4 members (excludes halogenated alkanes) is 1. The Balaban J connectivity index is 0. The van der Waals surface area contributed by atoms with Crippen LogP contribution in [0.3, 0.4) is 0 Å². The van der Waals surface area contributed by atoms with Crippen molar-refractivity contribution in [2.24, 2.45) is 5.92 Å². The Kier molecular flexibility index (Phi) is 10.7. The molecule has 1 unspecified atom stereocenters. The molecule has 0 rings (SSSR count). The zero-order chi connectivity index (χ0) is 7.98. The number of carbonyl (C=O) groups is 1. The normalized spacial score (nSPS) is 11.8. The molecule has 0 aromatic heterocycles. The van der Waals surface area contributed by atoms with E-state index in [0.717, 1.165) is 25.7 Å². The standard InChI is InChI=1S/C8H16O2.In.3H/c1-3-5-6-7(4-2)8(9)10;;;;/h7H,3-6H2,1-2H3,(H,9,10);;;;. The van der Waals surface area contributed by atoms with E-state index in [9.17, 15) is 4.79 Å². The summed E-state index contributed by atoms with van der Waals surface area (Å²) in [6.45, 7) is 4.00. The van der Waals surface area contributed by atoms with Crippen LogP contribution in [0.4, 0.5) is 0 Å². The second-order valence-corrected chi connectivity index (χ2v) is 2.59. The summed E-state index contributed by atoms with van der Waals surface area (Å²) in [7, 11) is 0. The van der Waals surface area contributed by atoms with Gasteiger partial charge in [0.05, 0.1) is 5.92 Å². The van der Waals surface area contributed by atoms with Gasteiger partial charge in [0.1, 0.15) is 0 Å². The molecule has 1 N–H and O–H groups in total. The van der Waals surface area contributed by atoms with Crippen molar-refractivity contribution >= 4 is 31.8 Å². The van der Waals surface area contributed by atoms with Crippen molar-refractivity contribution in [3.63, 3.8) is 0 Å². The van der Waals surface area contributed by atoms with Crippen molar-refractivity contribution in [3.05, 3.63) is 0 Å². The average molecular weight is 262 g/mol. The average Bonchev–Trinajstić information content (AvgIpc) is 1.89. The van der Waals surface area contributed by atoms with Gasteiger partial charge in [-0.3, -0.25) is 4.79 Å². The van der Waals surface area contributed by atoms with Crippen molar-refractivity contribution in [1.82, 2.24) is 0 Å². The fraction of sp³-hybridized carbons (Fsp3) is 0.875. The van der Waals surface area contributed by atoms with Crippen LogP contribution in [0.15, 0.2) is 0 Å². The Morgan fingerprint density at radius 2 is 2.00 bits per heavy atom. The summed E-state index contributed by atoms with van der Waals surface area (Å²) in [6, 6.07) is 0. The van der Waals surface area contributed by atoms with Crippen molar-refractivity contribution in [2.45, 2.75) is 39.5 Å². The minimum absolute atomic E-state index is 0. The number of rotatable bonds is 5. The topological polar surface area (TPSA) is 37.3 Å². The fourth-order valence-electron chi connectivity index (χ4n) is 0.953. The Labute approximate surface area is 87.2 Å². The summed E-state index contributed by atoms with van der Waals surface area (Å²) >= 11 is 0. The van der Waals surface area contributed by atoms with Crippen LogP contribution >= 0.6 is 0 Å². The quantitative estimate of drug-likeness (QED) is 0.805. The molecule has 0 amide bonds. The van der Waals surface area contributed by atoms with Crippen LogP contribution in [-0.2, 0) is 4.79 Å². The van der Waals surface area contributed by atoms with Gasteiger partial charge in [-0.1, -0.05) is 26.7 Å². The predicted octanol–water partition coefficient (Wildman–Crippen LogP) is 1.10. The van der Waals surface area contributed by atoms with Crippen LogP contribution in [-0.4, -0.2) is 36.9 Å². The Hall–Kier alpha value is 0.340. The van der Waals surface area contributed by atoms with Gasteiger partial charge < -0.3 is 5.11 Å². The van der Waals surface area contributed by atoms with E-state index in [0.29, 0.717) is 0 Å². The molecule has 0 aromatic rings. The number of aliphatic carboxylic acids is 1. The molecule has 0 aliphatic carbocycles. The summed E-state index contributed by atoms with van der Waals surface area (Å²) in [6.07, 6.45) is 3.71. The second-order valence-electron chi connectivity index (χ2n) is 2.59. The van der Waals surface area contributed by atoms with Crippen LogP contribution in [0.1, 0.15) is 39.5 Å². The van der Waals surface area contributed by atoms with Crippen molar-refractivity contribution < 1.29 is 9.90 Å². The molecule has 0 spiro atoms. The van der Waals surface area contributed by atoms with Crippen molar-refractivity contribution in [2.75, 3.05) is 0 Å². The molecule has 3 heteroatoms. The Morgan fingerprint density at radius 1 is 1.45 bits per heavy atom. The molecule has 0 bridgehead atoms. The summed E-state index contributed by atoms with van der Waals surface area (Å²) in [5.41, 5.74) is 0. The zero-order valence-corrected chi connectivity index (χ0v) is 6.76. The summed E-state index contributed by atoms with van der Waals surface area (Å²) in [4.78, 5) is 10.4. The Bertz CT molecular complexity index is 104. The second kappa shape index (κ2) is 8.44. The molecule has 0 aromatic carbocycles.